The second-order valence-electron chi connectivity index (χ2n) is 13.5. The lowest BCUT2D eigenvalue weighted by Gasteiger charge is -2.60. The third-order valence-electron chi connectivity index (χ3n) is 12.8. The predicted octanol–water partition coefficient (Wildman–Crippen LogP) is 5.40. The molecule has 2 spiro atoms. The van der Waals surface area contributed by atoms with Crippen molar-refractivity contribution in [1.82, 2.24) is 0 Å². The summed E-state index contributed by atoms with van der Waals surface area (Å²) in [6, 6.07) is 0. The molecule has 7 aliphatic rings. The molecule has 5 aliphatic carbocycles. The van der Waals surface area contributed by atoms with E-state index in [-0.39, 0.29) is 11.9 Å². The zero-order chi connectivity index (χ0) is 20.7. The van der Waals surface area contributed by atoms with Gasteiger partial charge in [-0.05, 0) is 97.7 Å². The molecule has 5 saturated carbocycles. The van der Waals surface area contributed by atoms with E-state index in [1.165, 1.54) is 44.9 Å². The van der Waals surface area contributed by atoms with Crippen LogP contribution in [-0.4, -0.2) is 29.7 Å². The summed E-state index contributed by atoms with van der Waals surface area (Å²) in [5.41, 5.74) is 1.07. The molecule has 7 fully saturated rings. The van der Waals surface area contributed by atoms with Crippen molar-refractivity contribution >= 4 is 0 Å². The van der Waals surface area contributed by atoms with Gasteiger partial charge in [0.2, 0.25) is 0 Å². The Morgan fingerprint density at radius 2 is 1.77 bits per heavy atom. The number of aliphatic hydroxyl groups is 1. The van der Waals surface area contributed by atoms with E-state index in [1.54, 1.807) is 0 Å². The molecule has 2 saturated heterocycles. The summed E-state index contributed by atoms with van der Waals surface area (Å²) < 4.78 is 13.4. The van der Waals surface area contributed by atoms with Crippen LogP contribution in [0.5, 0.6) is 0 Å². The molecule has 13 atom stereocenters. The normalized spacial score (nSPS) is 68.1. The van der Waals surface area contributed by atoms with E-state index < -0.39 is 0 Å². The first-order valence-corrected chi connectivity index (χ1v) is 13.2. The van der Waals surface area contributed by atoms with Crippen LogP contribution in [0.2, 0.25) is 0 Å². The summed E-state index contributed by atoms with van der Waals surface area (Å²) in [6.07, 6.45) is 11.8. The van der Waals surface area contributed by atoms with E-state index in [9.17, 15) is 5.11 Å². The second-order valence-corrected chi connectivity index (χ2v) is 13.5. The predicted molar refractivity (Wildman–Crippen MR) is 116 cm³/mol. The van der Waals surface area contributed by atoms with Crippen molar-refractivity contribution in [3.63, 3.8) is 0 Å². The van der Waals surface area contributed by atoms with Crippen LogP contribution in [0.1, 0.15) is 85.5 Å². The van der Waals surface area contributed by atoms with E-state index in [4.69, 9.17) is 9.47 Å². The molecule has 0 radical (unpaired) electrons. The first-order valence-electron chi connectivity index (χ1n) is 13.2. The van der Waals surface area contributed by atoms with Gasteiger partial charge in [0.1, 0.15) is 0 Å². The van der Waals surface area contributed by atoms with Crippen molar-refractivity contribution in [2.24, 2.45) is 57.7 Å². The molecule has 3 nitrogen and oxygen atoms in total. The number of rotatable bonds is 0. The molecule has 0 unspecified atom stereocenters. The standard InChI is InChI=1S/C27H42O3/c1-15-5-10-27(29-14-15)16(2)23-21(30-27)12-20-18-11-22(28)26-13-17(26)6-9-25(26,4)19(18)7-8-24(20,23)3/h15-23,28H,5-14H2,1-4H3/t15-,16+,17+,18-,19+,20+,21+,22-,23+,24+,25-,26-,27-/m1/s1. The fourth-order valence-electron chi connectivity index (χ4n) is 11.3. The van der Waals surface area contributed by atoms with Crippen LogP contribution in [0.25, 0.3) is 0 Å². The van der Waals surface area contributed by atoms with E-state index in [1.807, 2.05) is 0 Å². The zero-order valence-electron chi connectivity index (χ0n) is 19.5. The average Bonchev–Trinajstić information content (AvgIpc) is 3.17. The minimum atomic E-state index is -0.304. The van der Waals surface area contributed by atoms with Crippen LogP contribution in [0.15, 0.2) is 0 Å². The molecule has 168 valence electrons. The highest BCUT2D eigenvalue weighted by molar-refractivity contribution is 5.26. The molecule has 0 aromatic rings. The minimum Gasteiger partial charge on any atom is -0.393 e. The average molecular weight is 415 g/mol. The van der Waals surface area contributed by atoms with Crippen molar-refractivity contribution in [2.75, 3.05) is 6.61 Å². The zero-order valence-corrected chi connectivity index (χ0v) is 19.5. The summed E-state index contributed by atoms with van der Waals surface area (Å²) in [5.74, 6) is 4.60. The lowest BCUT2D eigenvalue weighted by Crippen LogP contribution is -2.57. The molecule has 2 heterocycles. The van der Waals surface area contributed by atoms with E-state index in [0.717, 1.165) is 37.2 Å². The number of hydrogen-bond donors (Lipinski definition) is 1. The molecule has 30 heavy (non-hydrogen) atoms. The summed E-state index contributed by atoms with van der Waals surface area (Å²) in [6.45, 7) is 10.8. The first-order chi connectivity index (χ1) is 14.3. The Morgan fingerprint density at radius 3 is 2.50 bits per heavy atom. The van der Waals surface area contributed by atoms with Gasteiger partial charge in [-0.1, -0.05) is 27.7 Å². The Hall–Kier alpha value is -0.120. The van der Waals surface area contributed by atoms with E-state index >= 15 is 0 Å². The highest BCUT2D eigenvalue weighted by atomic mass is 16.7. The number of hydrogen-bond acceptors (Lipinski definition) is 3. The molecule has 0 amide bonds. The van der Waals surface area contributed by atoms with Gasteiger partial charge in [0.25, 0.3) is 0 Å². The Balaban J connectivity index is 1.20. The van der Waals surface area contributed by atoms with Crippen molar-refractivity contribution in [1.29, 1.82) is 0 Å². The Morgan fingerprint density at radius 1 is 0.933 bits per heavy atom. The molecule has 0 bridgehead atoms. The monoisotopic (exact) mass is 414 g/mol. The third-order valence-corrected chi connectivity index (χ3v) is 12.8. The fraction of sp³-hybridized carbons (Fsp3) is 1.00. The van der Waals surface area contributed by atoms with Gasteiger partial charge in [-0.15, -0.1) is 0 Å². The summed E-state index contributed by atoms with van der Waals surface area (Å²) in [5, 5.41) is 11.4. The quantitative estimate of drug-likeness (QED) is 0.576. The fourth-order valence-corrected chi connectivity index (χ4v) is 11.3. The molecule has 2 aliphatic heterocycles. The van der Waals surface area contributed by atoms with Crippen molar-refractivity contribution in [3.05, 3.63) is 0 Å². The number of fused-ring (bicyclic) bond motifs is 6. The van der Waals surface area contributed by atoms with Crippen molar-refractivity contribution < 1.29 is 14.6 Å². The minimum absolute atomic E-state index is 0.0492. The lowest BCUT2D eigenvalue weighted by molar-refractivity contribution is -0.273. The smallest absolute Gasteiger partial charge is 0.171 e. The lowest BCUT2D eigenvalue weighted by atomic mass is 9.45. The van der Waals surface area contributed by atoms with Gasteiger partial charge in [-0.3, -0.25) is 0 Å². The maximum absolute atomic E-state index is 11.4. The van der Waals surface area contributed by atoms with Crippen LogP contribution >= 0.6 is 0 Å². The van der Waals surface area contributed by atoms with Crippen LogP contribution < -0.4 is 0 Å². The Bertz CT molecular complexity index is 757. The van der Waals surface area contributed by atoms with Crippen LogP contribution in [0.3, 0.4) is 0 Å². The van der Waals surface area contributed by atoms with Gasteiger partial charge in [-0.25, -0.2) is 0 Å². The summed E-state index contributed by atoms with van der Waals surface area (Å²) in [4.78, 5) is 0. The molecule has 0 aromatic heterocycles. The maximum atomic E-state index is 11.4. The maximum Gasteiger partial charge on any atom is 0.171 e. The van der Waals surface area contributed by atoms with Gasteiger partial charge >= 0.3 is 0 Å². The molecule has 0 aromatic carbocycles. The summed E-state index contributed by atoms with van der Waals surface area (Å²) in [7, 11) is 0. The van der Waals surface area contributed by atoms with Gasteiger partial charge in [0.05, 0.1) is 18.8 Å². The summed E-state index contributed by atoms with van der Waals surface area (Å²) >= 11 is 0. The Kier molecular flexibility index (Phi) is 3.66. The largest absolute Gasteiger partial charge is 0.393 e. The van der Waals surface area contributed by atoms with Crippen LogP contribution in [0, 0.1) is 57.7 Å². The van der Waals surface area contributed by atoms with Gasteiger partial charge < -0.3 is 14.6 Å². The molecule has 7 rings (SSSR count). The Labute approximate surface area is 182 Å². The van der Waals surface area contributed by atoms with Crippen molar-refractivity contribution in [3.8, 4) is 0 Å². The molecule has 3 heteroatoms. The molecular weight excluding hydrogens is 372 g/mol. The second kappa shape index (κ2) is 5.68. The van der Waals surface area contributed by atoms with Gasteiger partial charge in [0.15, 0.2) is 5.79 Å². The number of ether oxygens (including phenoxy) is 2. The SMILES string of the molecule is C[C@@H]1CC[C@@]2(OC1)O[C@H]1C[C@H]3[C@@H]4C[C@@H](O)[C@@]56C[C@@H]5CC[C@]6(C)[C@H]4CC[C@]3(C)[C@H]1[C@@H]2C. The third kappa shape index (κ3) is 1.98. The topological polar surface area (TPSA) is 38.7 Å². The molecular formula is C27H42O3. The highest BCUT2D eigenvalue weighted by Crippen LogP contribution is 2.82. The van der Waals surface area contributed by atoms with Crippen molar-refractivity contribution in [2.45, 2.75) is 103 Å². The van der Waals surface area contributed by atoms with E-state index in [2.05, 4.69) is 27.7 Å². The number of aliphatic hydroxyl groups excluding tert-OH is 1. The van der Waals surface area contributed by atoms with Crippen LogP contribution in [0.4, 0.5) is 0 Å². The van der Waals surface area contributed by atoms with Gasteiger partial charge in [0, 0.05) is 17.8 Å². The van der Waals surface area contributed by atoms with Gasteiger partial charge in [-0.2, -0.15) is 0 Å². The van der Waals surface area contributed by atoms with E-state index in [0.29, 0.717) is 46.0 Å². The molecule has 1 N–H and O–H groups in total. The highest BCUT2D eigenvalue weighted by Gasteiger charge is 2.78. The first kappa shape index (κ1) is 19.4. The van der Waals surface area contributed by atoms with Crippen LogP contribution in [-0.2, 0) is 9.47 Å².